The first-order valence-corrected chi connectivity index (χ1v) is 8.04. The summed E-state index contributed by atoms with van der Waals surface area (Å²) < 4.78 is 3.65. The molecule has 0 spiro atoms. The van der Waals surface area contributed by atoms with Crippen LogP contribution >= 0.6 is 23.2 Å². The predicted molar refractivity (Wildman–Crippen MR) is 92.2 cm³/mol. The fraction of sp³-hybridized carbons (Fsp3) is 0.125. The fourth-order valence-electron chi connectivity index (χ4n) is 2.52. The van der Waals surface area contributed by atoms with Gasteiger partial charge in [-0.15, -0.1) is 0 Å². The van der Waals surface area contributed by atoms with E-state index < -0.39 is 0 Å². The molecular formula is C16H12Cl2N6. The highest BCUT2D eigenvalue weighted by atomic mass is 35.5. The zero-order valence-electron chi connectivity index (χ0n) is 12.5. The maximum atomic E-state index is 6.07. The summed E-state index contributed by atoms with van der Waals surface area (Å²) in [5, 5.41) is 9.66. The molecule has 0 atom stereocenters. The Morgan fingerprint density at radius 1 is 0.917 bits per heavy atom. The molecule has 0 fully saturated rings. The molecule has 1 aromatic carbocycles. The predicted octanol–water partition coefficient (Wildman–Crippen LogP) is 3.43. The van der Waals surface area contributed by atoms with Gasteiger partial charge in [0.25, 0.3) is 0 Å². The van der Waals surface area contributed by atoms with E-state index >= 15 is 0 Å². The minimum Gasteiger partial charge on any atom is -0.268 e. The summed E-state index contributed by atoms with van der Waals surface area (Å²) in [6.45, 7) is 1.33. The number of hydrogen-bond donors (Lipinski definition) is 0. The molecule has 4 aromatic rings. The monoisotopic (exact) mass is 358 g/mol. The summed E-state index contributed by atoms with van der Waals surface area (Å²) in [6.07, 6.45) is 5.37. The maximum absolute atomic E-state index is 6.07. The second kappa shape index (κ2) is 6.22. The van der Waals surface area contributed by atoms with Gasteiger partial charge in [-0.2, -0.15) is 15.2 Å². The Kier molecular flexibility index (Phi) is 3.92. The molecule has 0 saturated heterocycles. The lowest BCUT2D eigenvalue weighted by molar-refractivity contribution is 0.683. The normalized spacial score (nSPS) is 11.2. The minimum absolute atomic E-state index is 0.115. The third kappa shape index (κ3) is 2.98. The number of nitrogens with zero attached hydrogens (tertiary/aromatic N) is 6. The van der Waals surface area contributed by atoms with E-state index in [0.29, 0.717) is 22.7 Å². The van der Waals surface area contributed by atoms with Crippen molar-refractivity contribution >= 4 is 34.2 Å². The van der Waals surface area contributed by atoms with Gasteiger partial charge in [-0.3, -0.25) is 4.68 Å². The van der Waals surface area contributed by atoms with Gasteiger partial charge in [0.05, 0.1) is 24.7 Å². The van der Waals surface area contributed by atoms with Gasteiger partial charge in [0.2, 0.25) is 5.28 Å². The van der Waals surface area contributed by atoms with E-state index in [0.717, 1.165) is 12.1 Å². The van der Waals surface area contributed by atoms with Crippen molar-refractivity contribution < 1.29 is 0 Å². The summed E-state index contributed by atoms with van der Waals surface area (Å²) >= 11 is 12.0. The molecule has 0 radical (unpaired) electrons. The topological polar surface area (TPSA) is 61.4 Å². The van der Waals surface area contributed by atoms with Gasteiger partial charge in [0, 0.05) is 12.4 Å². The molecule has 0 aliphatic heterocycles. The van der Waals surface area contributed by atoms with E-state index in [1.54, 1.807) is 17.1 Å². The van der Waals surface area contributed by atoms with Crippen LogP contribution < -0.4 is 0 Å². The van der Waals surface area contributed by atoms with Crippen molar-refractivity contribution in [3.8, 4) is 0 Å². The molecule has 0 amide bonds. The van der Waals surface area contributed by atoms with Crippen LogP contribution in [0.3, 0.4) is 0 Å². The molecule has 4 rings (SSSR count). The number of hydrogen-bond acceptors (Lipinski definition) is 4. The molecule has 0 N–H and O–H groups in total. The molecule has 0 aliphatic rings. The zero-order chi connectivity index (χ0) is 16.5. The second-order valence-corrected chi connectivity index (χ2v) is 6.04. The SMILES string of the molecule is Clc1nc(Cl)c2cnn(Cc3ccc(Cn4cccn4)cc3)c2n1. The largest absolute Gasteiger partial charge is 0.268 e. The smallest absolute Gasteiger partial charge is 0.225 e. The Bertz CT molecular complexity index is 976. The van der Waals surface area contributed by atoms with Gasteiger partial charge in [-0.25, -0.2) is 9.67 Å². The van der Waals surface area contributed by atoms with Crippen LogP contribution in [-0.4, -0.2) is 29.5 Å². The molecule has 0 saturated carbocycles. The maximum Gasteiger partial charge on any atom is 0.225 e. The van der Waals surface area contributed by atoms with E-state index in [9.17, 15) is 0 Å². The summed E-state index contributed by atoms with van der Waals surface area (Å²) in [4.78, 5) is 8.15. The van der Waals surface area contributed by atoms with Gasteiger partial charge in [-0.1, -0.05) is 35.9 Å². The highest BCUT2D eigenvalue weighted by molar-refractivity contribution is 6.35. The van der Waals surface area contributed by atoms with Crippen LogP contribution in [0.5, 0.6) is 0 Å². The number of rotatable bonds is 4. The van der Waals surface area contributed by atoms with Crippen LogP contribution in [-0.2, 0) is 13.1 Å². The molecule has 0 aliphatic carbocycles. The second-order valence-electron chi connectivity index (χ2n) is 5.34. The van der Waals surface area contributed by atoms with Crippen LogP contribution in [0, 0.1) is 0 Å². The molecule has 3 heterocycles. The first kappa shape index (κ1) is 15.1. The molecule has 120 valence electrons. The van der Waals surface area contributed by atoms with Gasteiger partial charge >= 0.3 is 0 Å². The zero-order valence-corrected chi connectivity index (χ0v) is 14.0. The Morgan fingerprint density at radius 3 is 2.38 bits per heavy atom. The van der Waals surface area contributed by atoms with E-state index in [1.165, 1.54) is 5.56 Å². The molecule has 8 heteroatoms. The summed E-state index contributed by atoms with van der Waals surface area (Å²) in [7, 11) is 0. The quantitative estimate of drug-likeness (QED) is 0.414. The molecule has 3 aromatic heterocycles. The average Bonchev–Trinajstić information content (AvgIpc) is 3.20. The third-order valence-corrected chi connectivity index (χ3v) is 4.14. The fourth-order valence-corrected chi connectivity index (χ4v) is 2.94. The van der Waals surface area contributed by atoms with Crippen LogP contribution in [0.25, 0.3) is 11.0 Å². The lowest BCUT2D eigenvalue weighted by Gasteiger charge is -2.06. The summed E-state index contributed by atoms with van der Waals surface area (Å²) in [6, 6.07) is 10.2. The minimum atomic E-state index is 0.115. The van der Waals surface area contributed by atoms with Crippen molar-refractivity contribution in [2.75, 3.05) is 0 Å². The number of benzene rings is 1. The van der Waals surface area contributed by atoms with E-state index in [1.807, 2.05) is 16.9 Å². The number of fused-ring (bicyclic) bond motifs is 1. The number of aromatic nitrogens is 6. The van der Waals surface area contributed by atoms with Crippen molar-refractivity contribution in [1.82, 2.24) is 29.5 Å². The van der Waals surface area contributed by atoms with Crippen LogP contribution in [0.4, 0.5) is 0 Å². The molecule has 24 heavy (non-hydrogen) atoms. The third-order valence-electron chi connectivity index (χ3n) is 3.68. The molecular weight excluding hydrogens is 347 g/mol. The Balaban J connectivity index is 1.57. The standard InChI is InChI=1S/C16H12Cl2N6/c17-14-13-8-20-24(15(13)22-16(18)21-14)10-12-4-2-11(3-5-12)9-23-7-1-6-19-23/h1-8H,9-10H2. The summed E-state index contributed by atoms with van der Waals surface area (Å²) in [5.74, 6) is 0. The summed E-state index contributed by atoms with van der Waals surface area (Å²) in [5.41, 5.74) is 2.91. The van der Waals surface area contributed by atoms with Gasteiger partial charge in [-0.05, 0) is 28.8 Å². The lowest BCUT2D eigenvalue weighted by atomic mass is 10.1. The van der Waals surface area contributed by atoms with Crippen LogP contribution in [0.15, 0.2) is 48.9 Å². The van der Waals surface area contributed by atoms with Crippen molar-refractivity contribution in [1.29, 1.82) is 0 Å². The van der Waals surface area contributed by atoms with Gasteiger partial charge in [0.15, 0.2) is 5.65 Å². The van der Waals surface area contributed by atoms with Crippen molar-refractivity contribution in [2.45, 2.75) is 13.1 Å². The van der Waals surface area contributed by atoms with E-state index in [2.05, 4.69) is 44.4 Å². The van der Waals surface area contributed by atoms with E-state index in [-0.39, 0.29) is 5.28 Å². The molecule has 0 bridgehead atoms. The Morgan fingerprint density at radius 2 is 1.67 bits per heavy atom. The van der Waals surface area contributed by atoms with Crippen LogP contribution in [0.1, 0.15) is 11.1 Å². The first-order valence-electron chi connectivity index (χ1n) is 7.29. The molecule has 6 nitrogen and oxygen atoms in total. The number of halogens is 2. The highest BCUT2D eigenvalue weighted by Gasteiger charge is 2.11. The van der Waals surface area contributed by atoms with Crippen molar-refractivity contribution in [2.24, 2.45) is 0 Å². The lowest BCUT2D eigenvalue weighted by Crippen LogP contribution is -2.04. The average molecular weight is 359 g/mol. The first-order chi connectivity index (χ1) is 11.7. The van der Waals surface area contributed by atoms with Crippen LogP contribution in [0.2, 0.25) is 10.4 Å². The van der Waals surface area contributed by atoms with Gasteiger partial charge in [0.1, 0.15) is 5.15 Å². The Hall–Kier alpha value is -2.44. The highest BCUT2D eigenvalue weighted by Crippen LogP contribution is 2.22. The Labute approximate surface area is 147 Å². The molecule has 0 unspecified atom stereocenters. The van der Waals surface area contributed by atoms with E-state index in [4.69, 9.17) is 23.2 Å². The van der Waals surface area contributed by atoms with Gasteiger partial charge < -0.3 is 0 Å². The van der Waals surface area contributed by atoms with Crippen molar-refractivity contribution in [3.05, 3.63) is 70.5 Å². The van der Waals surface area contributed by atoms with Crippen molar-refractivity contribution in [3.63, 3.8) is 0 Å².